The molecule has 0 aromatic carbocycles. The molecule has 15 heavy (non-hydrogen) atoms. The summed E-state index contributed by atoms with van der Waals surface area (Å²) >= 11 is 0. The average molecular weight is 204 g/mol. The molecule has 0 saturated heterocycles. The Morgan fingerprint density at radius 3 is 2.80 bits per heavy atom. The smallest absolute Gasteiger partial charge is 0.254 e. The quantitative estimate of drug-likeness (QED) is 0.674. The molecule has 0 aliphatic rings. The van der Waals surface area contributed by atoms with Crippen LogP contribution in [0.3, 0.4) is 0 Å². The third-order valence-electron chi connectivity index (χ3n) is 1.86. The monoisotopic (exact) mass is 204 g/mol. The maximum absolute atomic E-state index is 10.9. The highest BCUT2D eigenvalue weighted by Crippen LogP contribution is 2.13. The van der Waals surface area contributed by atoms with Gasteiger partial charge in [-0.25, -0.2) is 9.97 Å². The Hall–Kier alpha value is -2.44. The summed E-state index contributed by atoms with van der Waals surface area (Å²) in [6.07, 6.45) is 4.22. The van der Waals surface area contributed by atoms with E-state index in [1.54, 1.807) is 12.3 Å². The van der Waals surface area contributed by atoms with Crippen molar-refractivity contribution in [2.45, 2.75) is 0 Å². The molecule has 0 saturated carbocycles. The summed E-state index contributed by atoms with van der Waals surface area (Å²) in [5, 5.41) is 3.91. The van der Waals surface area contributed by atoms with Crippen LogP contribution in [0.5, 0.6) is 0 Å². The Morgan fingerprint density at radius 1 is 1.47 bits per heavy atom. The number of nitrogens with zero attached hydrogens (tertiary/aromatic N) is 4. The Labute approximate surface area is 84.7 Å². The first-order chi connectivity index (χ1) is 7.20. The highest BCUT2D eigenvalue weighted by atomic mass is 16.1. The number of carbonyl (C=O) groups excluding carboxylic acids is 1. The summed E-state index contributed by atoms with van der Waals surface area (Å²) in [5.41, 5.74) is 11.0. The van der Waals surface area contributed by atoms with Crippen molar-refractivity contribution in [3.05, 3.63) is 30.4 Å². The van der Waals surface area contributed by atoms with E-state index in [2.05, 4.69) is 15.1 Å². The molecule has 2 rings (SSSR count). The van der Waals surface area contributed by atoms with Gasteiger partial charge in [0.1, 0.15) is 17.7 Å². The molecule has 0 aliphatic heterocycles. The number of rotatable bonds is 2. The van der Waals surface area contributed by atoms with Gasteiger partial charge >= 0.3 is 0 Å². The Bertz CT molecular complexity index is 491. The van der Waals surface area contributed by atoms with E-state index in [0.29, 0.717) is 5.82 Å². The fourth-order valence-electron chi connectivity index (χ4n) is 1.14. The van der Waals surface area contributed by atoms with Gasteiger partial charge in [0.25, 0.3) is 5.91 Å². The normalized spacial score (nSPS) is 10.1. The van der Waals surface area contributed by atoms with Crippen LogP contribution in [0.15, 0.2) is 24.8 Å². The van der Waals surface area contributed by atoms with Crippen molar-refractivity contribution in [3.8, 4) is 5.82 Å². The van der Waals surface area contributed by atoms with Crippen molar-refractivity contribution < 1.29 is 4.79 Å². The summed E-state index contributed by atoms with van der Waals surface area (Å²) in [6, 6.07) is 1.62. The number of nitrogens with two attached hydrogens (primary N) is 2. The van der Waals surface area contributed by atoms with E-state index in [9.17, 15) is 4.79 Å². The number of anilines is 1. The van der Waals surface area contributed by atoms with Crippen LogP contribution in [0.25, 0.3) is 5.82 Å². The molecule has 0 aliphatic carbocycles. The summed E-state index contributed by atoms with van der Waals surface area (Å²) in [5.74, 6) is 0.0315. The number of hydrogen-bond acceptors (Lipinski definition) is 5. The molecule has 0 radical (unpaired) electrons. The Kier molecular flexibility index (Phi) is 2.05. The van der Waals surface area contributed by atoms with Crippen molar-refractivity contribution in [2.75, 3.05) is 5.73 Å². The second kappa shape index (κ2) is 3.37. The SMILES string of the molecule is NC(=O)c1cnn(-c2ccncn2)c1N. The molecule has 7 nitrogen and oxygen atoms in total. The fraction of sp³-hybridized carbons (Fsp3) is 0. The van der Waals surface area contributed by atoms with Gasteiger partial charge in [-0.3, -0.25) is 4.79 Å². The highest BCUT2D eigenvalue weighted by Gasteiger charge is 2.13. The number of nitrogen functional groups attached to an aromatic ring is 1. The van der Waals surface area contributed by atoms with Crippen molar-refractivity contribution in [1.82, 2.24) is 19.7 Å². The van der Waals surface area contributed by atoms with Crippen LogP contribution in [-0.2, 0) is 0 Å². The first-order valence-corrected chi connectivity index (χ1v) is 4.10. The van der Waals surface area contributed by atoms with E-state index in [-0.39, 0.29) is 11.4 Å². The molecule has 7 heteroatoms. The van der Waals surface area contributed by atoms with Gasteiger partial charge in [0.05, 0.1) is 6.20 Å². The second-order valence-corrected chi connectivity index (χ2v) is 2.79. The van der Waals surface area contributed by atoms with Crippen LogP contribution >= 0.6 is 0 Å². The average Bonchev–Trinajstić information content (AvgIpc) is 2.61. The van der Waals surface area contributed by atoms with E-state index in [4.69, 9.17) is 11.5 Å². The lowest BCUT2D eigenvalue weighted by molar-refractivity contribution is 0.100. The Balaban J connectivity index is 2.52. The first kappa shape index (κ1) is 9.13. The standard InChI is InChI=1S/C8H8N6O/c9-7-5(8(10)15)3-13-14(7)6-1-2-11-4-12-6/h1-4H,9H2,(H2,10,15). The zero-order valence-corrected chi connectivity index (χ0v) is 7.66. The molecular weight excluding hydrogens is 196 g/mol. The van der Waals surface area contributed by atoms with E-state index in [1.807, 2.05) is 0 Å². The van der Waals surface area contributed by atoms with Crippen LogP contribution in [0.2, 0.25) is 0 Å². The molecule has 2 heterocycles. The van der Waals surface area contributed by atoms with Crippen molar-refractivity contribution in [2.24, 2.45) is 5.73 Å². The predicted molar refractivity (Wildman–Crippen MR) is 52.1 cm³/mol. The van der Waals surface area contributed by atoms with Crippen LogP contribution < -0.4 is 11.5 Å². The number of aromatic nitrogens is 4. The zero-order chi connectivity index (χ0) is 10.8. The molecule has 2 aromatic heterocycles. The minimum Gasteiger partial charge on any atom is -0.383 e. The summed E-state index contributed by atoms with van der Waals surface area (Å²) in [4.78, 5) is 18.6. The summed E-state index contributed by atoms with van der Waals surface area (Å²) in [7, 11) is 0. The molecular formula is C8H8N6O. The first-order valence-electron chi connectivity index (χ1n) is 4.10. The number of hydrogen-bond donors (Lipinski definition) is 2. The molecule has 2 aromatic rings. The van der Waals surface area contributed by atoms with Gasteiger partial charge in [-0.2, -0.15) is 9.78 Å². The molecule has 0 bridgehead atoms. The van der Waals surface area contributed by atoms with Crippen LogP contribution in [0.4, 0.5) is 5.82 Å². The van der Waals surface area contributed by atoms with Gasteiger partial charge in [-0.1, -0.05) is 0 Å². The fourth-order valence-corrected chi connectivity index (χ4v) is 1.14. The third-order valence-corrected chi connectivity index (χ3v) is 1.86. The number of carbonyl (C=O) groups is 1. The lowest BCUT2D eigenvalue weighted by Crippen LogP contribution is -2.13. The Morgan fingerprint density at radius 2 is 2.27 bits per heavy atom. The molecule has 0 unspecified atom stereocenters. The van der Waals surface area contributed by atoms with Gasteiger partial charge < -0.3 is 11.5 Å². The number of primary amides is 1. The molecule has 0 atom stereocenters. The number of amides is 1. The summed E-state index contributed by atoms with van der Waals surface area (Å²) in [6.45, 7) is 0. The predicted octanol–water partition coefficient (Wildman–Crippen LogP) is -0.657. The van der Waals surface area contributed by atoms with Crippen molar-refractivity contribution >= 4 is 11.7 Å². The van der Waals surface area contributed by atoms with Crippen LogP contribution in [-0.4, -0.2) is 25.7 Å². The van der Waals surface area contributed by atoms with E-state index >= 15 is 0 Å². The largest absolute Gasteiger partial charge is 0.383 e. The van der Waals surface area contributed by atoms with Crippen molar-refractivity contribution in [3.63, 3.8) is 0 Å². The van der Waals surface area contributed by atoms with Gasteiger partial charge in [0.2, 0.25) is 0 Å². The van der Waals surface area contributed by atoms with Crippen molar-refractivity contribution in [1.29, 1.82) is 0 Å². The maximum atomic E-state index is 10.9. The van der Waals surface area contributed by atoms with Gasteiger partial charge in [0.15, 0.2) is 5.82 Å². The van der Waals surface area contributed by atoms with Gasteiger partial charge in [-0.05, 0) is 0 Å². The van der Waals surface area contributed by atoms with Crippen LogP contribution in [0.1, 0.15) is 10.4 Å². The molecule has 1 amide bonds. The molecule has 0 fully saturated rings. The highest BCUT2D eigenvalue weighted by molar-refractivity contribution is 5.97. The minimum absolute atomic E-state index is 0.168. The van der Waals surface area contributed by atoms with E-state index in [0.717, 1.165) is 0 Å². The molecule has 76 valence electrons. The van der Waals surface area contributed by atoms with E-state index < -0.39 is 5.91 Å². The maximum Gasteiger partial charge on any atom is 0.254 e. The minimum atomic E-state index is -0.618. The van der Waals surface area contributed by atoms with E-state index in [1.165, 1.54) is 17.2 Å². The topological polar surface area (TPSA) is 113 Å². The van der Waals surface area contributed by atoms with Gasteiger partial charge in [-0.15, -0.1) is 0 Å². The third kappa shape index (κ3) is 1.50. The second-order valence-electron chi connectivity index (χ2n) is 2.79. The zero-order valence-electron chi connectivity index (χ0n) is 7.66. The lowest BCUT2D eigenvalue weighted by Gasteiger charge is -2.01. The molecule has 0 spiro atoms. The summed E-state index contributed by atoms with van der Waals surface area (Å²) < 4.78 is 1.32. The lowest BCUT2D eigenvalue weighted by atomic mass is 10.3. The van der Waals surface area contributed by atoms with Gasteiger partial charge in [0, 0.05) is 12.3 Å². The van der Waals surface area contributed by atoms with Crippen LogP contribution in [0, 0.1) is 0 Å². The molecule has 4 N–H and O–H groups in total.